The zero-order chi connectivity index (χ0) is 15.2. The minimum Gasteiger partial charge on any atom is -0.360 e. The molecule has 0 bridgehead atoms. The maximum atomic E-state index is 12.4. The zero-order valence-electron chi connectivity index (χ0n) is 11.9. The van der Waals surface area contributed by atoms with Gasteiger partial charge in [-0.25, -0.2) is 8.42 Å². The van der Waals surface area contributed by atoms with E-state index in [0.29, 0.717) is 11.4 Å². The molecule has 0 aliphatic heterocycles. The molecule has 3 aromatic rings. The molecule has 0 spiro atoms. The molecule has 0 radical (unpaired) electrons. The summed E-state index contributed by atoms with van der Waals surface area (Å²) in [5.74, 6) is 0.279. The van der Waals surface area contributed by atoms with Gasteiger partial charge in [-0.15, -0.1) is 0 Å². The molecule has 0 aliphatic carbocycles. The first-order valence-corrected chi connectivity index (χ1v) is 7.87. The van der Waals surface area contributed by atoms with Gasteiger partial charge in [-0.1, -0.05) is 5.16 Å². The summed E-state index contributed by atoms with van der Waals surface area (Å²) in [6.45, 7) is 3.18. The Hall–Kier alpha value is -2.28. The number of nitrogens with one attached hydrogen (secondary N) is 1. The van der Waals surface area contributed by atoms with Gasteiger partial charge in [-0.3, -0.25) is 4.72 Å². The Morgan fingerprint density at radius 1 is 1.24 bits per heavy atom. The van der Waals surface area contributed by atoms with Gasteiger partial charge in [0.1, 0.15) is 5.69 Å². The lowest BCUT2D eigenvalue weighted by molar-refractivity contribution is 0.390. The lowest BCUT2D eigenvalue weighted by atomic mass is 10.2. The number of nitrogens with zero attached hydrogens (tertiary/aromatic N) is 2. The van der Waals surface area contributed by atoms with Crippen LogP contribution in [0.3, 0.4) is 0 Å². The van der Waals surface area contributed by atoms with Gasteiger partial charge in [0.25, 0.3) is 10.0 Å². The summed E-state index contributed by atoms with van der Waals surface area (Å²) in [6, 6.07) is 7.34. The molecule has 1 aromatic carbocycles. The van der Waals surface area contributed by atoms with Gasteiger partial charge in [0.15, 0.2) is 10.7 Å². The van der Waals surface area contributed by atoms with Crippen molar-refractivity contribution in [1.29, 1.82) is 0 Å². The molecule has 0 fully saturated rings. The van der Waals surface area contributed by atoms with Crippen molar-refractivity contribution in [3.8, 4) is 0 Å². The van der Waals surface area contributed by atoms with Crippen LogP contribution in [-0.2, 0) is 17.1 Å². The summed E-state index contributed by atoms with van der Waals surface area (Å²) in [6.07, 6.45) is 1.93. The van der Waals surface area contributed by atoms with Crippen molar-refractivity contribution >= 4 is 26.6 Å². The molecule has 0 saturated carbocycles. The third-order valence-corrected chi connectivity index (χ3v) is 5.00. The quantitative estimate of drug-likeness (QED) is 0.807. The summed E-state index contributed by atoms with van der Waals surface area (Å²) in [4.78, 5) is 0.0932. The monoisotopic (exact) mass is 305 g/mol. The minimum atomic E-state index is -3.71. The Bertz CT molecular complexity index is 903. The van der Waals surface area contributed by atoms with Crippen molar-refractivity contribution in [2.45, 2.75) is 18.7 Å². The lowest BCUT2D eigenvalue weighted by Gasteiger charge is -2.08. The molecule has 0 aliphatic rings. The Morgan fingerprint density at radius 3 is 2.67 bits per heavy atom. The molecule has 0 saturated heterocycles. The van der Waals surface area contributed by atoms with Crippen molar-refractivity contribution in [3.05, 3.63) is 41.9 Å². The topological polar surface area (TPSA) is 77.1 Å². The molecule has 0 unspecified atom stereocenters. The standard InChI is InChI=1S/C14H15N3O3S/c1-9-14(10(2)20-15-9)21(18,19)16-12-4-5-13-11(8-12)6-7-17(13)3/h4-8,16H,1-3H3. The van der Waals surface area contributed by atoms with Gasteiger partial charge < -0.3 is 9.09 Å². The maximum Gasteiger partial charge on any atom is 0.267 e. The Labute approximate surface area is 122 Å². The van der Waals surface area contributed by atoms with Crippen LogP contribution in [0.1, 0.15) is 11.5 Å². The van der Waals surface area contributed by atoms with E-state index in [4.69, 9.17) is 4.52 Å². The summed E-state index contributed by atoms with van der Waals surface area (Å²) in [5.41, 5.74) is 1.89. The Balaban J connectivity index is 2.01. The number of rotatable bonds is 3. The smallest absolute Gasteiger partial charge is 0.267 e. The van der Waals surface area contributed by atoms with Crippen molar-refractivity contribution < 1.29 is 12.9 Å². The molecular formula is C14H15N3O3S. The molecule has 0 atom stereocenters. The molecule has 2 heterocycles. The van der Waals surface area contributed by atoms with Gasteiger partial charge >= 0.3 is 0 Å². The maximum absolute atomic E-state index is 12.4. The molecule has 21 heavy (non-hydrogen) atoms. The van der Waals surface area contributed by atoms with Crippen molar-refractivity contribution in [3.63, 3.8) is 0 Å². The molecule has 1 N–H and O–H groups in total. The van der Waals surface area contributed by atoms with E-state index < -0.39 is 10.0 Å². The van der Waals surface area contributed by atoms with Crippen LogP contribution in [0.25, 0.3) is 10.9 Å². The highest BCUT2D eigenvalue weighted by atomic mass is 32.2. The van der Waals surface area contributed by atoms with Gasteiger partial charge in [0.05, 0.1) is 0 Å². The number of aryl methyl sites for hydroxylation is 3. The number of hydrogen-bond acceptors (Lipinski definition) is 4. The average molecular weight is 305 g/mol. The predicted molar refractivity (Wildman–Crippen MR) is 79.7 cm³/mol. The number of anilines is 1. The van der Waals surface area contributed by atoms with E-state index in [9.17, 15) is 8.42 Å². The van der Waals surface area contributed by atoms with Crippen LogP contribution in [0.5, 0.6) is 0 Å². The molecule has 6 nitrogen and oxygen atoms in total. The highest BCUT2D eigenvalue weighted by Gasteiger charge is 2.24. The first-order chi connectivity index (χ1) is 9.88. The third kappa shape index (κ3) is 2.29. The zero-order valence-corrected chi connectivity index (χ0v) is 12.7. The molecule has 2 aromatic heterocycles. The summed E-state index contributed by atoms with van der Waals surface area (Å²) in [5, 5.41) is 4.65. The van der Waals surface area contributed by atoms with E-state index >= 15 is 0 Å². The van der Waals surface area contributed by atoms with Crippen molar-refractivity contribution in [2.24, 2.45) is 7.05 Å². The van der Waals surface area contributed by atoms with E-state index in [2.05, 4.69) is 9.88 Å². The van der Waals surface area contributed by atoms with Gasteiger partial charge in [0.2, 0.25) is 0 Å². The highest BCUT2D eigenvalue weighted by molar-refractivity contribution is 7.92. The molecule has 110 valence electrons. The second-order valence-corrected chi connectivity index (χ2v) is 6.58. The van der Waals surface area contributed by atoms with E-state index in [-0.39, 0.29) is 10.7 Å². The summed E-state index contributed by atoms with van der Waals surface area (Å²) < 4.78 is 34.3. The van der Waals surface area contributed by atoms with Crippen molar-refractivity contribution in [1.82, 2.24) is 9.72 Å². The van der Waals surface area contributed by atoms with Crippen LogP contribution >= 0.6 is 0 Å². The normalized spacial score (nSPS) is 12.0. The van der Waals surface area contributed by atoms with Gasteiger partial charge in [-0.05, 0) is 38.1 Å². The van der Waals surface area contributed by atoms with E-state index in [1.54, 1.807) is 26.0 Å². The number of benzene rings is 1. The Morgan fingerprint density at radius 2 is 2.00 bits per heavy atom. The first kappa shape index (κ1) is 13.7. The number of aromatic nitrogens is 2. The van der Waals surface area contributed by atoms with Crippen LogP contribution in [0.2, 0.25) is 0 Å². The number of sulfonamides is 1. The Kier molecular flexibility index (Phi) is 3.02. The SMILES string of the molecule is Cc1noc(C)c1S(=O)(=O)Nc1ccc2c(ccn2C)c1. The van der Waals surface area contributed by atoms with Crippen LogP contribution in [0, 0.1) is 13.8 Å². The lowest BCUT2D eigenvalue weighted by Crippen LogP contribution is -2.14. The fourth-order valence-corrected chi connectivity index (χ4v) is 3.79. The van der Waals surface area contributed by atoms with E-state index in [0.717, 1.165) is 10.9 Å². The predicted octanol–water partition coefficient (Wildman–Crippen LogP) is 2.58. The number of hydrogen-bond donors (Lipinski definition) is 1. The summed E-state index contributed by atoms with van der Waals surface area (Å²) in [7, 11) is -1.77. The highest BCUT2D eigenvalue weighted by Crippen LogP contribution is 2.25. The average Bonchev–Trinajstić information content (AvgIpc) is 2.93. The number of fused-ring (bicyclic) bond motifs is 1. The molecule has 3 rings (SSSR count). The molecule has 0 amide bonds. The van der Waals surface area contributed by atoms with Crippen molar-refractivity contribution in [2.75, 3.05) is 4.72 Å². The van der Waals surface area contributed by atoms with E-state index in [1.165, 1.54) is 0 Å². The molecule has 7 heteroatoms. The minimum absolute atomic E-state index is 0.0932. The largest absolute Gasteiger partial charge is 0.360 e. The fraction of sp³-hybridized carbons (Fsp3) is 0.214. The van der Waals surface area contributed by atoms with Gasteiger partial charge in [-0.2, -0.15) is 0 Å². The molecular weight excluding hydrogens is 290 g/mol. The van der Waals surface area contributed by atoms with E-state index in [1.807, 2.05) is 29.9 Å². The second-order valence-electron chi connectivity index (χ2n) is 4.96. The van der Waals surface area contributed by atoms with Crippen LogP contribution in [0.4, 0.5) is 5.69 Å². The first-order valence-electron chi connectivity index (χ1n) is 6.39. The van der Waals surface area contributed by atoms with Crippen LogP contribution < -0.4 is 4.72 Å². The van der Waals surface area contributed by atoms with Gasteiger partial charge in [0, 0.05) is 29.8 Å². The summed E-state index contributed by atoms with van der Waals surface area (Å²) >= 11 is 0. The van der Waals surface area contributed by atoms with Crippen LogP contribution in [-0.4, -0.2) is 18.1 Å². The fourth-order valence-electron chi connectivity index (χ4n) is 2.41. The van der Waals surface area contributed by atoms with Crippen LogP contribution in [0.15, 0.2) is 39.9 Å². The third-order valence-electron chi connectivity index (χ3n) is 3.37. The second kappa shape index (κ2) is 4.63.